The van der Waals surface area contributed by atoms with Crippen molar-refractivity contribution in [2.24, 2.45) is 5.41 Å². The average Bonchev–Trinajstić information content (AvgIpc) is 2.52. The second-order valence-electron chi connectivity index (χ2n) is 5.13. The molecule has 17 heavy (non-hydrogen) atoms. The third-order valence-corrected chi connectivity index (χ3v) is 3.44. The molecular weight excluding hydrogens is 216 g/mol. The first kappa shape index (κ1) is 12.1. The van der Waals surface area contributed by atoms with Crippen molar-refractivity contribution in [3.05, 3.63) is 35.9 Å². The van der Waals surface area contributed by atoms with E-state index >= 15 is 0 Å². The largest absolute Gasteiger partial charge is 0.459 e. The molecule has 1 aromatic carbocycles. The molecule has 0 aromatic heterocycles. The third-order valence-electron chi connectivity index (χ3n) is 3.44. The first-order valence-corrected chi connectivity index (χ1v) is 5.95. The molecule has 1 saturated heterocycles. The van der Waals surface area contributed by atoms with E-state index in [9.17, 15) is 9.90 Å². The Bertz CT molecular complexity index is 397. The van der Waals surface area contributed by atoms with Crippen LogP contribution in [-0.4, -0.2) is 23.3 Å². The van der Waals surface area contributed by atoms with Gasteiger partial charge in [0.05, 0.1) is 5.41 Å². The highest BCUT2D eigenvalue weighted by Crippen LogP contribution is 2.35. The van der Waals surface area contributed by atoms with Gasteiger partial charge in [-0.1, -0.05) is 30.3 Å². The topological polar surface area (TPSA) is 46.5 Å². The predicted molar refractivity (Wildman–Crippen MR) is 64.4 cm³/mol. The predicted octanol–water partition coefficient (Wildman–Crippen LogP) is 1.93. The maximum Gasteiger partial charge on any atom is 0.314 e. The van der Waals surface area contributed by atoms with Crippen molar-refractivity contribution in [3.63, 3.8) is 0 Å². The highest BCUT2D eigenvalue weighted by Gasteiger charge is 2.49. The van der Waals surface area contributed by atoms with Crippen molar-refractivity contribution in [2.45, 2.75) is 38.9 Å². The van der Waals surface area contributed by atoms with Gasteiger partial charge < -0.3 is 9.84 Å². The summed E-state index contributed by atoms with van der Waals surface area (Å²) in [4.78, 5) is 11.5. The molecule has 92 valence electrons. The number of aliphatic hydroxyl groups excluding tert-OH is 1. The second kappa shape index (κ2) is 4.49. The summed E-state index contributed by atoms with van der Waals surface area (Å²) in [7, 11) is 0. The fraction of sp³-hybridized carbons (Fsp3) is 0.500. The Balaban J connectivity index is 1.96. The number of benzene rings is 1. The van der Waals surface area contributed by atoms with E-state index in [2.05, 4.69) is 0 Å². The number of ether oxygens (including phenoxy) is 1. The zero-order valence-electron chi connectivity index (χ0n) is 10.2. The van der Waals surface area contributed by atoms with E-state index in [4.69, 9.17) is 4.74 Å². The Morgan fingerprint density at radius 2 is 1.94 bits per heavy atom. The molecule has 2 rings (SSSR count). The Labute approximate surface area is 101 Å². The summed E-state index contributed by atoms with van der Waals surface area (Å²) in [6.45, 7) is 3.45. The molecule has 0 unspecified atom stereocenters. The number of carbonyl (C=O) groups is 1. The number of esters is 1. The summed E-state index contributed by atoms with van der Waals surface area (Å²) in [6.07, 6.45) is 0.392. The Morgan fingerprint density at radius 3 is 2.47 bits per heavy atom. The summed E-state index contributed by atoms with van der Waals surface area (Å²) in [5.41, 5.74) is 0.418. The summed E-state index contributed by atoms with van der Waals surface area (Å²) in [5, 5.41) is 10.0. The second-order valence-corrected chi connectivity index (χ2v) is 5.13. The first-order chi connectivity index (χ1) is 8.01. The molecule has 1 aliphatic heterocycles. The van der Waals surface area contributed by atoms with Gasteiger partial charge in [-0.05, 0) is 32.3 Å². The maximum absolute atomic E-state index is 11.5. The number of carbonyl (C=O) groups excluding carboxylic acids is 1. The molecule has 1 fully saturated rings. The molecule has 0 radical (unpaired) electrons. The summed E-state index contributed by atoms with van der Waals surface area (Å²) in [6, 6.07) is 10.0. The zero-order chi connectivity index (χ0) is 12.5. The van der Waals surface area contributed by atoms with Gasteiger partial charge in [0.15, 0.2) is 0 Å². The fourth-order valence-electron chi connectivity index (χ4n) is 2.11. The minimum absolute atomic E-state index is 0.303. The Morgan fingerprint density at radius 1 is 1.29 bits per heavy atom. The van der Waals surface area contributed by atoms with Gasteiger partial charge in [-0.25, -0.2) is 0 Å². The van der Waals surface area contributed by atoms with E-state index in [1.807, 2.05) is 30.3 Å². The molecule has 3 nitrogen and oxygen atoms in total. The van der Waals surface area contributed by atoms with Crippen LogP contribution in [0.2, 0.25) is 0 Å². The Hall–Kier alpha value is -1.35. The molecule has 1 aliphatic rings. The van der Waals surface area contributed by atoms with Gasteiger partial charge in [0.1, 0.15) is 12.2 Å². The molecule has 0 bridgehead atoms. The van der Waals surface area contributed by atoms with Gasteiger partial charge in [0.2, 0.25) is 0 Å². The van der Waals surface area contributed by atoms with Gasteiger partial charge in [0.25, 0.3) is 0 Å². The highest BCUT2D eigenvalue weighted by molar-refractivity contribution is 5.79. The van der Waals surface area contributed by atoms with Gasteiger partial charge in [-0.3, -0.25) is 4.79 Å². The molecule has 1 aromatic rings. The fourth-order valence-corrected chi connectivity index (χ4v) is 2.11. The monoisotopic (exact) mass is 234 g/mol. The summed E-state index contributed by atoms with van der Waals surface area (Å²) >= 11 is 0. The lowest BCUT2D eigenvalue weighted by Gasteiger charge is -2.19. The molecular formula is C14H18O3. The average molecular weight is 234 g/mol. The van der Waals surface area contributed by atoms with Crippen LogP contribution in [0.25, 0.3) is 0 Å². The number of aliphatic hydroxyl groups is 1. The van der Waals surface area contributed by atoms with Gasteiger partial charge in [-0.2, -0.15) is 0 Å². The maximum atomic E-state index is 11.5. The van der Waals surface area contributed by atoms with Gasteiger partial charge >= 0.3 is 5.97 Å². The van der Waals surface area contributed by atoms with Crippen LogP contribution >= 0.6 is 0 Å². The van der Waals surface area contributed by atoms with Crippen LogP contribution in [-0.2, 0) is 16.0 Å². The van der Waals surface area contributed by atoms with E-state index in [0.717, 1.165) is 6.42 Å². The van der Waals surface area contributed by atoms with Crippen LogP contribution in [0.1, 0.15) is 25.8 Å². The molecule has 0 amide bonds. The van der Waals surface area contributed by atoms with E-state index in [0.29, 0.717) is 6.42 Å². The number of hydrogen-bond donors (Lipinski definition) is 1. The summed E-state index contributed by atoms with van der Waals surface area (Å²) < 4.78 is 5.22. The SMILES string of the molecule is CC1(C)C(=O)O[C@H](CCc2ccccc2)[C@@H]1O. The van der Waals surface area contributed by atoms with Crippen molar-refractivity contribution < 1.29 is 14.6 Å². The van der Waals surface area contributed by atoms with Gasteiger partial charge in [-0.15, -0.1) is 0 Å². The van der Waals surface area contributed by atoms with Crippen molar-refractivity contribution in [2.75, 3.05) is 0 Å². The van der Waals surface area contributed by atoms with Crippen LogP contribution < -0.4 is 0 Å². The molecule has 0 aliphatic carbocycles. The highest BCUT2D eigenvalue weighted by atomic mass is 16.6. The minimum atomic E-state index is -0.776. The van der Waals surface area contributed by atoms with Crippen molar-refractivity contribution in [1.29, 1.82) is 0 Å². The molecule has 1 N–H and O–H groups in total. The van der Waals surface area contributed by atoms with E-state index in [1.54, 1.807) is 13.8 Å². The van der Waals surface area contributed by atoms with E-state index in [1.165, 1.54) is 5.56 Å². The Kier molecular flexibility index (Phi) is 3.20. The number of cyclic esters (lactones) is 1. The number of rotatable bonds is 3. The van der Waals surface area contributed by atoms with Crippen LogP contribution in [0.5, 0.6) is 0 Å². The lowest BCUT2D eigenvalue weighted by Crippen LogP contribution is -2.34. The molecule has 3 heteroatoms. The van der Waals surface area contributed by atoms with E-state index in [-0.39, 0.29) is 12.1 Å². The van der Waals surface area contributed by atoms with Crippen LogP contribution in [0.4, 0.5) is 0 Å². The van der Waals surface area contributed by atoms with E-state index < -0.39 is 11.5 Å². The quantitative estimate of drug-likeness (QED) is 0.813. The molecule has 1 heterocycles. The number of hydrogen-bond acceptors (Lipinski definition) is 3. The molecule has 0 spiro atoms. The van der Waals surface area contributed by atoms with Crippen molar-refractivity contribution >= 4 is 5.97 Å². The lowest BCUT2D eigenvalue weighted by molar-refractivity contribution is -0.147. The minimum Gasteiger partial charge on any atom is -0.459 e. The normalized spacial score (nSPS) is 26.9. The standard InChI is InChI=1S/C14H18O3/c1-14(2)12(15)11(17-13(14)16)9-8-10-6-4-3-5-7-10/h3-7,11-12,15H,8-9H2,1-2H3/t11-,12+/m1/s1. The van der Waals surface area contributed by atoms with Gasteiger partial charge in [0, 0.05) is 0 Å². The van der Waals surface area contributed by atoms with Crippen LogP contribution in [0, 0.1) is 5.41 Å². The lowest BCUT2D eigenvalue weighted by atomic mass is 9.85. The number of aryl methyl sites for hydroxylation is 1. The summed E-state index contributed by atoms with van der Waals surface area (Å²) in [5.74, 6) is -0.303. The van der Waals surface area contributed by atoms with Crippen molar-refractivity contribution in [3.8, 4) is 0 Å². The zero-order valence-corrected chi connectivity index (χ0v) is 10.2. The van der Waals surface area contributed by atoms with Crippen LogP contribution in [0.3, 0.4) is 0 Å². The third kappa shape index (κ3) is 2.34. The van der Waals surface area contributed by atoms with Crippen LogP contribution in [0.15, 0.2) is 30.3 Å². The molecule has 0 saturated carbocycles. The first-order valence-electron chi connectivity index (χ1n) is 5.95. The molecule has 2 atom stereocenters. The van der Waals surface area contributed by atoms with Crippen molar-refractivity contribution in [1.82, 2.24) is 0 Å². The smallest absolute Gasteiger partial charge is 0.314 e.